The van der Waals surface area contributed by atoms with Crippen LogP contribution in [-0.4, -0.2) is 23.9 Å². The van der Waals surface area contributed by atoms with E-state index in [0.29, 0.717) is 27.6 Å². The summed E-state index contributed by atoms with van der Waals surface area (Å²) in [5, 5.41) is 12.0. The summed E-state index contributed by atoms with van der Waals surface area (Å²) in [5.41, 5.74) is 4.29. The van der Waals surface area contributed by atoms with E-state index in [-0.39, 0.29) is 16.7 Å². The van der Waals surface area contributed by atoms with Gasteiger partial charge >= 0.3 is 0 Å². The van der Waals surface area contributed by atoms with Crippen molar-refractivity contribution in [2.75, 3.05) is 12.0 Å². The van der Waals surface area contributed by atoms with Crippen LogP contribution >= 0.6 is 11.6 Å². The predicted octanol–water partition coefficient (Wildman–Crippen LogP) is 6.89. The fourth-order valence-corrected chi connectivity index (χ4v) is 4.72. The first-order valence-corrected chi connectivity index (χ1v) is 12.1. The number of methoxy groups -OCH3 is 1. The normalized spacial score (nSPS) is 17.5. The number of amides is 1. The van der Waals surface area contributed by atoms with Crippen molar-refractivity contribution in [1.29, 1.82) is 0 Å². The number of aryl methyl sites for hydroxylation is 2. The molecule has 3 aromatic rings. The van der Waals surface area contributed by atoms with Crippen LogP contribution in [0.15, 0.2) is 66.2 Å². The molecule has 4 rings (SSSR count). The monoisotopic (exact) mass is 503 g/mol. The minimum atomic E-state index is -0.846. The van der Waals surface area contributed by atoms with Crippen LogP contribution < -0.4 is 9.64 Å². The van der Waals surface area contributed by atoms with E-state index >= 15 is 0 Å². The smallest absolute Gasteiger partial charge is 0.300 e. The van der Waals surface area contributed by atoms with Gasteiger partial charge in [-0.1, -0.05) is 74.3 Å². The lowest BCUT2D eigenvalue weighted by molar-refractivity contribution is -0.132. The number of ether oxygens (including phenoxy) is 1. The molecular weight excluding hydrogens is 474 g/mol. The molecule has 3 aromatic carbocycles. The third-order valence-electron chi connectivity index (χ3n) is 6.58. The van der Waals surface area contributed by atoms with Gasteiger partial charge in [-0.2, -0.15) is 0 Å². The number of aliphatic hydroxyl groups excluding tert-OH is 1. The number of carbonyl (C=O) groups excluding carboxylic acids is 2. The highest BCUT2D eigenvalue weighted by molar-refractivity contribution is 6.52. The summed E-state index contributed by atoms with van der Waals surface area (Å²) in [6.07, 6.45) is 0. The summed E-state index contributed by atoms with van der Waals surface area (Å²) in [5.74, 6) is -1.36. The minimum absolute atomic E-state index is 0.00628. The molecule has 0 bridgehead atoms. The molecule has 0 radical (unpaired) electrons. The van der Waals surface area contributed by atoms with Crippen molar-refractivity contribution >= 4 is 34.7 Å². The van der Waals surface area contributed by atoms with Gasteiger partial charge in [0.1, 0.15) is 11.5 Å². The lowest BCUT2D eigenvalue weighted by atomic mass is 9.85. The summed E-state index contributed by atoms with van der Waals surface area (Å²) in [4.78, 5) is 28.4. The summed E-state index contributed by atoms with van der Waals surface area (Å²) >= 11 is 6.30. The Morgan fingerprint density at radius 1 is 0.972 bits per heavy atom. The first kappa shape index (κ1) is 25.5. The van der Waals surface area contributed by atoms with Crippen LogP contribution in [0.25, 0.3) is 5.76 Å². The number of halogens is 1. The first-order valence-electron chi connectivity index (χ1n) is 11.8. The number of benzene rings is 3. The molecule has 5 nitrogen and oxygen atoms in total. The number of rotatable bonds is 4. The molecule has 1 aliphatic rings. The van der Waals surface area contributed by atoms with Crippen molar-refractivity contribution in [3.05, 3.63) is 99.1 Å². The van der Waals surface area contributed by atoms with Gasteiger partial charge in [0.25, 0.3) is 11.7 Å². The molecule has 0 aromatic heterocycles. The zero-order chi connectivity index (χ0) is 26.4. The maximum Gasteiger partial charge on any atom is 0.300 e. The van der Waals surface area contributed by atoms with Crippen molar-refractivity contribution in [3.8, 4) is 5.75 Å². The van der Waals surface area contributed by atoms with Gasteiger partial charge in [0.05, 0.1) is 24.3 Å². The Balaban J connectivity index is 2.00. The zero-order valence-electron chi connectivity index (χ0n) is 21.3. The Hall–Kier alpha value is -3.57. The highest BCUT2D eigenvalue weighted by Crippen LogP contribution is 2.45. The third kappa shape index (κ3) is 4.51. The van der Waals surface area contributed by atoms with Gasteiger partial charge in [-0.15, -0.1) is 0 Å². The van der Waals surface area contributed by atoms with Crippen LogP contribution in [0.2, 0.25) is 5.02 Å². The van der Waals surface area contributed by atoms with Crippen LogP contribution in [-0.2, 0) is 15.0 Å². The molecule has 1 aliphatic heterocycles. The average Bonchev–Trinajstić information content (AvgIpc) is 3.10. The zero-order valence-corrected chi connectivity index (χ0v) is 22.1. The van der Waals surface area contributed by atoms with Crippen LogP contribution in [0.4, 0.5) is 5.69 Å². The fourth-order valence-electron chi connectivity index (χ4n) is 4.56. The number of aliphatic hydroxyl groups is 1. The Morgan fingerprint density at radius 3 is 2.25 bits per heavy atom. The Morgan fingerprint density at radius 2 is 1.64 bits per heavy atom. The molecule has 36 heavy (non-hydrogen) atoms. The van der Waals surface area contributed by atoms with Gasteiger partial charge in [-0.25, -0.2) is 0 Å². The van der Waals surface area contributed by atoms with E-state index in [9.17, 15) is 14.7 Å². The van der Waals surface area contributed by atoms with Crippen LogP contribution in [0.5, 0.6) is 5.75 Å². The fraction of sp³-hybridized carbons (Fsp3) is 0.267. The van der Waals surface area contributed by atoms with Crippen molar-refractivity contribution in [2.45, 2.75) is 46.1 Å². The number of anilines is 1. The minimum Gasteiger partial charge on any atom is -0.507 e. The quantitative estimate of drug-likeness (QED) is 0.239. The van der Waals surface area contributed by atoms with E-state index in [1.807, 2.05) is 44.2 Å². The van der Waals surface area contributed by atoms with Gasteiger partial charge in [0.2, 0.25) is 0 Å². The van der Waals surface area contributed by atoms with E-state index in [1.54, 1.807) is 30.3 Å². The van der Waals surface area contributed by atoms with Gasteiger partial charge in [0, 0.05) is 10.7 Å². The van der Waals surface area contributed by atoms with Crippen molar-refractivity contribution in [2.24, 2.45) is 0 Å². The molecule has 1 heterocycles. The SMILES string of the molecule is COc1ccc(C)cc1/C(O)=C1\C(=O)C(=O)N(c2cc(Cl)ccc2C)C1c1ccc(C(C)(C)C)cc1. The summed E-state index contributed by atoms with van der Waals surface area (Å²) in [7, 11) is 1.50. The third-order valence-corrected chi connectivity index (χ3v) is 6.81. The molecular formula is C30H30ClNO4. The number of hydrogen-bond acceptors (Lipinski definition) is 4. The molecule has 0 saturated carbocycles. The molecule has 186 valence electrons. The summed E-state index contributed by atoms with van der Waals surface area (Å²) in [6.45, 7) is 10.1. The van der Waals surface area contributed by atoms with E-state index < -0.39 is 17.7 Å². The van der Waals surface area contributed by atoms with E-state index in [4.69, 9.17) is 16.3 Å². The highest BCUT2D eigenvalue weighted by atomic mass is 35.5. The average molecular weight is 504 g/mol. The molecule has 1 saturated heterocycles. The van der Waals surface area contributed by atoms with Gasteiger partial charge in [0.15, 0.2) is 0 Å². The van der Waals surface area contributed by atoms with Crippen LogP contribution in [0.1, 0.15) is 54.6 Å². The van der Waals surface area contributed by atoms with Crippen molar-refractivity contribution < 1.29 is 19.4 Å². The second kappa shape index (κ2) is 9.47. The highest BCUT2D eigenvalue weighted by Gasteiger charge is 2.47. The number of hydrogen-bond donors (Lipinski definition) is 1. The topological polar surface area (TPSA) is 66.8 Å². The number of nitrogens with zero attached hydrogens (tertiary/aromatic N) is 1. The molecule has 0 spiro atoms. The first-order chi connectivity index (χ1) is 16.9. The predicted molar refractivity (Wildman–Crippen MR) is 144 cm³/mol. The maximum absolute atomic E-state index is 13.5. The lowest BCUT2D eigenvalue weighted by Gasteiger charge is -2.28. The second-order valence-corrected chi connectivity index (χ2v) is 10.6. The van der Waals surface area contributed by atoms with Crippen LogP contribution in [0.3, 0.4) is 0 Å². The molecule has 0 aliphatic carbocycles. The second-order valence-electron chi connectivity index (χ2n) is 10.2. The molecule has 6 heteroatoms. The molecule has 1 unspecified atom stereocenters. The van der Waals surface area contributed by atoms with Gasteiger partial charge < -0.3 is 9.84 Å². The molecule has 1 amide bonds. The maximum atomic E-state index is 13.5. The van der Waals surface area contributed by atoms with Crippen LogP contribution in [0, 0.1) is 13.8 Å². The van der Waals surface area contributed by atoms with Crippen molar-refractivity contribution in [1.82, 2.24) is 0 Å². The number of Topliss-reactive ketones (excluding diaryl/α,β-unsaturated/α-hetero) is 1. The Bertz CT molecular complexity index is 1380. The lowest BCUT2D eigenvalue weighted by Crippen LogP contribution is -2.30. The largest absolute Gasteiger partial charge is 0.507 e. The van der Waals surface area contributed by atoms with E-state index in [1.165, 1.54) is 12.0 Å². The summed E-state index contributed by atoms with van der Waals surface area (Å²) in [6, 6.07) is 17.5. The van der Waals surface area contributed by atoms with E-state index in [0.717, 1.165) is 16.7 Å². The summed E-state index contributed by atoms with van der Waals surface area (Å²) < 4.78 is 5.46. The standard InChI is InChI=1S/C30H30ClNO4/c1-17-7-14-24(36-6)22(15-17)27(33)25-26(19-9-11-20(12-10-19)30(3,4)5)32(29(35)28(25)34)23-16-21(31)13-8-18(23)2/h7-16,26,33H,1-6H3/b27-25+. The molecule has 1 fully saturated rings. The Kier molecular flexibility index (Phi) is 6.72. The van der Waals surface area contributed by atoms with Gasteiger partial charge in [-0.3, -0.25) is 14.5 Å². The number of ketones is 1. The molecule has 1 atom stereocenters. The van der Waals surface area contributed by atoms with Crippen molar-refractivity contribution in [3.63, 3.8) is 0 Å². The Labute approximate surface area is 217 Å². The van der Waals surface area contributed by atoms with E-state index in [2.05, 4.69) is 20.8 Å². The molecule has 1 N–H and O–H groups in total. The van der Waals surface area contributed by atoms with Gasteiger partial charge in [-0.05, 0) is 60.2 Å². The number of carbonyl (C=O) groups is 2.